The summed E-state index contributed by atoms with van der Waals surface area (Å²) >= 11 is 0. The van der Waals surface area contributed by atoms with Crippen molar-refractivity contribution < 1.29 is 0 Å². The van der Waals surface area contributed by atoms with Gasteiger partial charge in [0.25, 0.3) is 0 Å². The van der Waals surface area contributed by atoms with Gasteiger partial charge < -0.3 is 5.73 Å². The summed E-state index contributed by atoms with van der Waals surface area (Å²) in [4.78, 5) is 8.52. The number of nitrogens with two attached hydrogens (primary N) is 1. The number of unbranched alkanes of at least 4 members (excludes halogenated alkanes) is 1. The molecule has 0 saturated heterocycles. The average Bonchev–Trinajstić information content (AvgIpc) is 2.46. The molecular formula is C15H19N3. The van der Waals surface area contributed by atoms with Crippen LogP contribution in [0.1, 0.15) is 31.2 Å². The first kappa shape index (κ1) is 12.7. The van der Waals surface area contributed by atoms with E-state index in [1.54, 1.807) is 6.20 Å². The molecule has 0 saturated carbocycles. The van der Waals surface area contributed by atoms with Crippen LogP contribution >= 0.6 is 0 Å². The lowest BCUT2D eigenvalue weighted by molar-refractivity contribution is 0.795. The zero-order valence-electron chi connectivity index (χ0n) is 10.8. The number of aryl methyl sites for hydroxylation is 1. The molecule has 3 heteroatoms. The molecule has 3 nitrogen and oxygen atoms in total. The second-order valence-corrected chi connectivity index (χ2v) is 4.36. The van der Waals surface area contributed by atoms with E-state index < -0.39 is 0 Å². The monoisotopic (exact) mass is 241 g/mol. The third kappa shape index (κ3) is 3.14. The number of hydrogen-bond acceptors (Lipinski definition) is 3. The van der Waals surface area contributed by atoms with Crippen LogP contribution in [-0.2, 0) is 13.0 Å². The van der Waals surface area contributed by atoms with Crippen LogP contribution in [0, 0.1) is 0 Å². The molecule has 1 heterocycles. The van der Waals surface area contributed by atoms with E-state index in [0.717, 1.165) is 17.7 Å². The second kappa shape index (κ2) is 6.26. The fourth-order valence-corrected chi connectivity index (χ4v) is 1.88. The highest BCUT2D eigenvalue weighted by Crippen LogP contribution is 2.18. The fourth-order valence-electron chi connectivity index (χ4n) is 1.88. The zero-order valence-corrected chi connectivity index (χ0v) is 10.8. The van der Waals surface area contributed by atoms with Gasteiger partial charge in [-0.15, -0.1) is 0 Å². The predicted octanol–water partition coefficient (Wildman–Crippen LogP) is 2.94. The minimum absolute atomic E-state index is 0.377. The van der Waals surface area contributed by atoms with E-state index >= 15 is 0 Å². The number of nitrogens with zero attached hydrogens (tertiary/aromatic N) is 2. The number of rotatable bonds is 5. The van der Waals surface area contributed by atoms with Crippen molar-refractivity contribution in [3.8, 4) is 11.3 Å². The lowest BCUT2D eigenvalue weighted by Crippen LogP contribution is -2.03. The first-order valence-corrected chi connectivity index (χ1v) is 6.44. The van der Waals surface area contributed by atoms with Crippen molar-refractivity contribution in [2.24, 2.45) is 5.73 Å². The van der Waals surface area contributed by atoms with Crippen molar-refractivity contribution in [2.75, 3.05) is 0 Å². The Balaban J connectivity index is 2.17. The van der Waals surface area contributed by atoms with Gasteiger partial charge in [0.1, 0.15) is 5.82 Å². The van der Waals surface area contributed by atoms with Crippen molar-refractivity contribution in [3.63, 3.8) is 0 Å². The normalized spacial score (nSPS) is 10.6. The summed E-state index contributed by atoms with van der Waals surface area (Å²) in [5, 5.41) is 0. The smallest absolute Gasteiger partial charge is 0.142 e. The molecule has 2 N–H and O–H groups in total. The van der Waals surface area contributed by atoms with Gasteiger partial charge in [-0.3, -0.25) is 0 Å². The average molecular weight is 241 g/mol. The molecule has 0 aliphatic heterocycles. The highest BCUT2D eigenvalue weighted by molar-refractivity contribution is 5.58. The SMILES string of the molecule is CCCCc1ccc(-c2ccnc(CN)n2)cc1. The predicted molar refractivity (Wildman–Crippen MR) is 74.0 cm³/mol. The van der Waals surface area contributed by atoms with E-state index in [1.807, 2.05) is 6.07 Å². The molecule has 0 fully saturated rings. The summed E-state index contributed by atoms with van der Waals surface area (Å²) in [5.41, 5.74) is 8.99. The minimum Gasteiger partial charge on any atom is -0.324 e. The van der Waals surface area contributed by atoms with Gasteiger partial charge in [-0.05, 0) is 24.5 Å². The van der Waals surface area contributed by atoms with Crippen molar-refractivity contribution in [2.45, 2.75) is 32.7 Å². The maximum Gasteiger partial charge on any atom is 0.142 e. The van der Waals surface area contributed by atoms with Gasteiger partial charge >= 0.3 is 0 Å². The fraction of sp³-hybridized carbons (Fsp3) is 0.333. The van der Waals surface area contributed by atoms with Gasteiger partial charge in [-0.1, -0.05) is 37.6 Å². The van der Waals surface area contributed by atoms with Gasteiger partial charge in [0, 0.05) is 11.8 Å². The number of hydrogen-bond donors (Lipinski definition) is 1. The summed E-state index contributed by atoms with van der Waals surface area (Å²) in [7, 11) is 0. The van der Waals surface area contributed by atoms with E-state index in [-0.39, 0.29) is 0 Å². The molecular weight excluding hydrogens is 222 g/mol. The molecule has 0 aliphatic carbocycles. The quantitative estimate of drug-likeness (QED) is 0.875. The van der Waals surface area contributed by atoms with E-state index in [4.69, 9.17) is 5.73 Å². The molecule has 18 heavy (non-hydrogen) atoms. The highest BCUT2D eigenvalue weighted by atomic mass is 14.9. The van der Waals surface area contributed by atoms with E-state index in [1.165, 1.54) is 18.4 Å². The molecule has 0 amide bonds. The van der Waals surface area contributed by atoms with Crippen LogP contribution < -0.4 is 5.73 Å². The zero-order chi connectivity index (χ0) is 12.8. The first-order chi connectivity index (χ1) is 8.83. The van der Waals surface area contributed by atoms with Crippen LogP contribution in [0.3, 0.4) is 0 Å². The minimum atomic E-state index is 0.377. The van der Waals surface area contributed by atoms with Crippen LogP contribution in [0.5, 0.6) is 0 Å². The van der Waals surface area contributed by atoms with Crippen LogP contribution in [-0.4, -0.2) is 9.97 Å². The van der Waals surface area contributed by atoms with Gasteiger partial charge in [0.2, 0.25) is 0 Å². The third-order valence-electron chi connectivity index (χ3n) is 2.96. The largest absolute Gasteiger partial charge is 0.324 e. The number of aromatic nitrogens is 2. The Morgan fingerprint density at radius 3 is 2.56 bits per heavy atom. The standard InChI is InChI=1S/C15H19N3/c1-2-3-4-12-5-7-13(8-6-12)14-9-10-17-15(11-16)18-14/h5-10H,2-4,11,16H2,1H3. The summed E-state index contributed by atoms with van der Waals surface area (Å²) in [5.74, 6) is 0.683. The van der Waals surface area contributed by atoms with Crippen molar-refractivity contribution in [1.82, 2.24) is 9.97 Å². The van der Waals surface area contributed by atoms with Crippen LogP contribution in [0.25, 0.3) is 11.3 Å². The van der Waals surface area contributed by atoms with Crippen molar-refractivity contribution in [1.29, 1.82) is 0 Å². The maximum atomic E-state index is 5.55. The molecule has 2 aromatic rings. The Morgan fingerprint density at radius 2 is 1.89 bits per heavy atom. The Labute approximate surface area is 108 Å². The Morgan fingerprint density at radius 1 is 1.11 bits per heavy atom. The Bertz CT molecular complexity index is 491. The number of benzene rings is 1. The molecule has 1 aromatic carbocycles. The van der Waals surface area contributed by atoms with E-state index in [9.17, 15) is 0 Å². The summed E-state index contributed by atoms with van der Waals surface area (Å²) in [6, 6.07) is 10.5. The molecule has 94 valence electrons. The van der Waals surface area contributed by atoms with Crippen molar-refractivity contribution in [3.05, 3.63) is 47.9 Å². The molecule has 0 unspecified atom stereocenters. The van der Waals surface area contributed by atoms with Gasteiger partial charge in [0.05, 0.1) is 12.2 Å². The Hall–Kier alpha value is -1.74. The van der Waals surface area contributed by atoms with Crippen LogP contribution in [0.2, 0.25) is 0 Å². The second-order valence-electron chi connectivity index (χ2n) is 4.36. The molecule has 0 spiro atoms. The molecule has 0 bridgehead atoms. The van der Waals surface area contributed by atoms with Crippen LogP contribution in [0.15, 0.2) is 36.5 Å². The highest BCUT2D eigenvalue weighted by Gasteiger charge is 2.01. The lowest BCUT2D eigenvalue weighted by Gasteiger charge is -2.04. The summed E-state index contributed by atoms with van der Waals surface area (Å²) < 4.78 is 0. The molecule has 0 radical (unpaired) electrons. The maximum absolute atomic E-state index is 5.55. The Kier molecular flexibility index (Phi) is 4.42. The third-order valence-corrected chi connectivity index (χ3v) is 2.96. The lowest BCUT2D eigenvalue weighted by atomic mass is 10.0. The van der Waals surface area contributed by atoms with Crippen LogP contribution in [0.4, 0.5) is 0 Å². The summed E-state index contributed by atoms with van der Waals surface area (Å²) in [6.07, 6.45) is 5.38. The van der Waals surface area contributed by atoms with Gasteiger partial charge in [-0.25, -0.2) is 9.97 Å². The van der Waals surface area contributed by atoms with Crippen molar-refractivity contribution >= 4 is 0 Å². The topological polar surface area (TPSA) is 51.8 Å². The summed E-state index contributed by atoms with van der Waals surface area (Å²) in [6.45, 7) is 2.59. The molecule has 1 aromatic heterocycles. The van der Waals surface area contributed by atoms with Gasteiger partial charge in [0.15, 0.2) is 0 Å². The molecule has 0 atom stereocenters. The first-order valence-electron chi connectivity index (χ1n) is 6.44. The van der Waals surface area contributed by atoms with E-state index in [2.05, 4.69) is 41.2 Å². The molecule has 2 rings (SSSR count). The van der Waals surface area contributed by atoms with Gasteiger partial charge in [-0.2, -0.15) is 0 Å². The van der Waals surface area contributed by atoms with E-state index in [0.29, 0.717) is 12.4 Å². The molecule has 0 aliphatic rings.